The van der Waals surface area contributed by atoms with Crippen molar-refractivity contribution in [3.63, 3.8) is 0 Å². The number of hydrogen-bond donors (Lipinski definition) is 1. The molecule has 1 aromatic rings. The van der Waals surface area contributed by atoms with E-state index in [1.54, 1.807) is 0 Å². The first-order valence-electron chi connectivity index (χ1n) is 10.2. The second-order valence-electron chi connectivity index (χ2n) is 6.42. The fraction of sp³-hybridized carbons (Fsp3) is 0.500. The minimum absolute atomic E-state index is 0.0666. The molecule has 0 fully saturated rings. The molecule has 1 aromatic carbocycles. The van der Waals surface area contributed by atoms with Crippen LogP contribution in [0.1, 0.15) is 49.5 Å². The Bertz CT molecular complexity index is 739. The molecule has 1 N–H and O–H groups in total. The first kappa shape index (κ1) is 26.6. The summed E-state index contributed by atoms with van der Waals surface area (Å²) in [4.78, 5) is 62.4. The van der Waals surface area contributed by atoms with Gasteiger partial charge in [0, 0.05) is 5.92 Å². The van der Waals surface area contributed by atoms with Crippen LogP contribution < -0.4 is 0 Å². The van der Waals surface area contributed by atoms with Crippen molar-refractivity contribution in [2.45, 2.75) is 33.6 Å². The number of hydrogen-bond acceptors (Lipinski definition) is 9. The molecule has 0 saturated heterocycles. The van der Waals surface area contributed by atoms with E-state index in [1.165, 1.54) is 52.0 Å². The Morgan fingerprint density at radius 1 is 0.656 bits per heavy atom. The normalized spacial score (nSPS) is 10.7. The second kappa shape index (κ2) is 13.1. The summed E-state index contributed by atoms with van der Waals surface area (Å²) in [6, 6.07) is 5.08. The number of benzene rings is 1. The largest absolute Gasteiger partial charge is 0.478 e. The van der Waals surface area contributed by atoms with Crippen molar-refractivity contribution < 1.29 is 48.0 Å². The lowest BCUT2D eigenvalue weighted by atomic mass is 9.76. The van der Waals surface area contributed by atoms with E-state index >= 15 is 0 Å². The quantitative estimate of drug-likeness (QED) is 0.284. The van der Waals surface area contributed by atoms with Crippen LogP contribution in [0, 0.1) is 11.8 Å². The van der Waals surface area contributed by atoms with E-state index < -0.39 is 47.6 Å². The van der Waals surface area contributed by atoms with Crippen LogP contribution in [0.2, 0.25) is 0 Å². The first-order chi connectivity index (χ1) is 15.2. The number of carboxylic acid groups (broad SMARTS) is 1. The molecule has 0 atom stereocenters. The van der Waals surface area contributed by atoms with Crippen LogP contribution in [0.4, 0.5) is 0 Å². The summed E-state index contributed by atoms with van der Waals surface area (Å²) in [6.45, 7) is 5.86. The van der Waals surface area contributed by atoms with Crippen LogP contribution in [0.25, 0.3) is 0 Å². The maximum absolute atomic E-state index is 12.8. The molecule has 176 valence electrons. The van der Waals surface area contributed by atoms with E-state index in [2.05, 4.69) is 0 Å². The van der Waals surface area contributed by atoms with Gasteiger partial charge in [-0.1, -0.05) is 12.1 Å². The SMILES string of the molecule is CCOC(=O)C(C(=O)OCC)C(c1ccc(C(=O)O)cc1)C(C(=O)OCC)C(=O)OCC. The second-order valence-corrected chi connectivity index (χ2v) is 6.42. The Labute approximate surface area is 185 Å². The molecule has 0 aliphatic heterocycles. The van der Waals surface area contributed by atoms with Gasteiger partial charge in [-0.2, -0.15) is 0 Å². The Morgan fingerprint density at radius 3 is 1.22 bits per heavy atom. The molecule has 0 bridgehead atoms. The molecular weight excluding hydrogens is 424 g/mol. The van der Waals surface area contributed by atoms with Gasteiger partial charge in [0.05, 0.1) is 32.0 Å². The van der Waals surface area contributed by atoms with Gasteiger partial charge < -0.3 is 24.1 Å². The Morgan fingerprint density at radius 2 is 0.969 bits per heavy atom. The molecule has 1 rings (SSSR count). The van der Waals surface area contributed by atoms with E-state index in [9.17, 15) is 24.0 Å². The minimum atomic E-state index is -1.70. The highest BCUT2D eigenvalue weighted by atomic mass is 16.6. The lowest BCUT2D eigenvalue weighted by Gasteiger charge is -2.29. The topological polar surface area (TPSA) is 143 Å². The van der Waals surface area contributed by atoms with E-state index in [1.807, 2.05) is 0 Å². The Balaban J connectivity index is 3.74. The summed E-state index contributed by atoms with van der Waals surface area (Å²) in [5, 5.41) is 9.17. The third-order valence-corrected chi connectivity index (χ3v) is 4.42. The predicted molar refractivity (Wildman–Crippen MR) is 110 cm³/mol. The fourth-order valence-electron chi connectivity index (χ4n) is 3.13. The van der Waals surface area contributed by atoms with Crippen LogP contribution in [0.15, 0.2) is 24.3 Å². The molecule has 0 heterocycles. The molecule has 0 spiro atoms. The van der Waals surface area contributed by atoms with Gasteiger partial charge >= 0.3 is 29.8 Å². The summed E-state index contributed by atoms with van der Waals surface area (Å²) in [5.74, 6) is -10.0. The number of rotatable bonds is 12. The molecule has 32 heavy (non-hydrogen) atoms. The smallest absolute Gasteiger partial charge is 0.335 e. The average Bonchev–Trinajstić information content (AvgIpc) is 2.74. The maximum atomic E-state index is 12.8. The van der Waals surface area contributed by atoms with Crippen molar-refractivity contribution in [3.05, 3.63) is 35.4 Å². The highest BCUT2D eigenvalue weighted by Gasteiger charge is 2.49. The molecule has 0 radical (unpaired) electrons. The number of aromatic carboxylic acids is 1. The molecule has 0 saturated carbocycles. The van der Waals surface area contributed by atoms with Crippen LogP contribution >= 0.6 is 0 Å². The molecule has 10 heteroatoms. The zero-order chi connectivity index (χ0) is 24.3. The van der Waals surface area contributed by atoms with E-state index in [-0.39, 0.29) is 37.6 Å². The fourth-order valence-corrected chi connectivity index (χ4v) is 3.13. The number of carbonyl (C=O) groups is 5. The van der Waals surface area contributed by atoms with Gasteiger partial charge in [-0.05, 0) is 45.4 Å². The van der Waals surface area contributed by atoms with Crippen molar-refractivity contribution in [1.29, 1.82) is 0 Å². The van der Waals surface area contributed by atoms with Crippen LogP contribution in [0.5, 0.6) is 0 Å². The number of esters is 4. The number of carboxylic acids is 1. The van der Waals surface area contributed by atoms with Gasteiger partial charge in [-0.25, -0.2) is 4.79 Å². The monoisotopic (exact) mass is 452 g/mol. The van der Waals surface area contributed by atoms with E-state index in [0.29, 0.717) is 0 Å². The predicted octanol–water partition coefficient (Wildman–Crippen LogP) is 1.95. The summed E-state index contributed by atoms with van der Waals surface area (Å²) in [7, 11) is 0. The Kier molecular flexibility index (Phi) is 10.9. The van der Waals surface area contributed by atoms with E-state index in [4.69, 9.17) is 24.1 Å². The summed E-state index contributed by atoms with van der Waals surface area (Å²) in [5.41, 5.74) is 0.0901. The zero-order valence-electron chi connectivity index (χ0n) is 18.5. The molecule has 0 amide bonds. The highest BCUT2D eigenvalue weighted by molar-refractivity contribution is 6.01. The molecule has 0 aliphatic carbocycles. The van der Waals surface area contributed by atoms with E-state index in [0.717, 1.165) is 0 Å². The minimum Gasteiger partial charge on any atom is -0.478 e. The summed E-state index contributed by atoms with van der Waals surface area (Å²) < 4.78 is 20.1. The van der Waals surface area contributed by atoms with Crippen LogP contribution in [-0.4, -0.2) is 61.4 Å². The van der Waals surface area contributed by atoms with Crippen molar-refractivity contribution in [2.24, 2.45) is 11.8 Å². The molecule has 0 aliphatic rings. The maximum Gasteiger partial charge on any atom is 0.335 e. The zero-order valence-corrected chi connectivity index (χ0v) is 18.5. The third kappa shape index (κ3) is 6.79. The standard InChI is InChI=1S/C22H28O10/c1-5-29-19(25)16(20(26)30-6-2)15(13-9-11-14(12-10-13)18(23)24)17(21(27)31-7-3)22(28)32-8-4/h9-12,15-17H,5-8H2,1-4H3,(H,23,24). The van der Waals surface area contributed by atoms with Gasteiger partial charge in [-0.3, -0.25) is 19.2 Å². The van der Waals surface area contributed by atoms with Gasteiger partial charge in [-0.15, -0.1) is 0 Å². The molecule has 0 unspecified atom stereocenters. The Hall–Kier alpha value is -3.43. The number of carbonyl (C=O) groups excluding carboxylic acids is 4. The third-order valence-electron chi connectivity index (χ3n) is 4.42. The van der Waals surface area contributed by atoms with Gasteiger partial charge in [0.2, 0.25) is 0 Å². The first-order valence-corrected chi connectivity index (χ1v) is 10.2. The van der Waals surface area contributed by atoms with Gasteiger partial charge in [0.15, 0.2) is 11.8 Å². The van der Waals surface area contributed by atoms with Crippen molar-refractivity contribution in [3.8, 4) is 0 Å². The van der Waals surface area contributed by atoms with Crippen molar-refractivity contribution in [2.75, 3.05) is 26.4 Å². The molecular formula is C22H28O10. The summed E-state index contributed by atoms with van der Waals surface area (Å²) in [6.07, 6.45) is 0. The number of ether oxygens (including phenoxy) is 4. The van der Waals surface area contributed by atoms with Crippen LogP contribution in [-0.2, 0) is 38.1 Å². The van der Waals surface area contributed by atoms with Gasteiger partial charge in [0.1, 0.15) is 0 Å². The lowest BCUT2D eigenvalue weighted by molar-refractivity contribution is -0.169. The van der Waals surface area contributed by atoms with Gasteiger partial charge in [0.25, 0.3) is 0 Å². The van der Waals surface area contributed by atoms with Crippen molar-refractivity contribution >= 4 is 29.8 Å². The average molecular weight is 452 g/mol. The molecule has 0 aromatic heterocycles. The summed E-state index contributed by atoms with van der Waals surface area (Å²) >= 11 is 0. The van der Waals surface area contributed by atoms with Crippen LogP contribution in [0.3, 0.4) is 0 Å². The molecule has 10 nitrogen and oxygen atoms in total. The lowest BCUT2D eigenvalue weighted by Crippen LogP contribution is -2.43. The van der Waals surface area contributed by atoms with Crippen molar-refractivity contribution in [1.82, 2.24) is 0 Å². The highest BCUT2D eigenvalue weighted by Crippen LogP contribution is 2.36.